The molecular weight excluding hydrogens is 260 g/mol. The topological polar surface area (TPSA) is 35.5 Å². The highest BCUT2D eigenvalue weighted by Gasteiger charge is 2.35. The third-order valence-corrected chi connectivity index (χ3v) is 5.31. The Labute approximate surface area is 132 Å². The predicted molar refractivity (Wildman–Crippen MR) is 91.6 cm³/mol. The maximum atomic E-state index is 9.31. The van der Waals surface area contributed by atoms with Gasteiger partial charge in [-0.15, -0.1) is 0 Å². The molecule has 0 aromatic rings. The van der Waals surface area contributed by atoms with Gasteiger partial charge in [-0.2, -0.15) is 0 Å². The van der Waals surface area contributed by atoms with Gasteiger partial charge in [0.05, 0.1) is 6.61 Å². The van der Waals surface area contributed by atoms with E-state index in [1.807, 2.05) is 0 Å². The van der Waals surface area contributed by atoms with Crippen LogP contribution in [-0.4, -0.2) is 49.3 Å². The molecule has 126 valence electrons. The number of unbranched alkanes of at least 4 members (excludes halogenated alkanes) is 1. The average molecular weight is 299 g/mol. The minimum absolute atomic E-state index is 0.281. The van der Waals surface area contributed by atoms with Crippen LogP contribution in [0.4, 0.5) is 0 Å². The van der Waals surface area contributed by atoms with Gasteiger partial charge in [0.15, 0.2) is 0 Å². The van der Waals surface area contributed by atoms with Gasteiger partial charge in [0.2, 0.25) is 0 Å². The fourth-order valence-corrected chi connectivity index (χ4v) is 3.78. The van der Waals surface area contributed by atoms with Crippen molar-refractivity contribution in [2.24, 2.45) is 17.3 Å². The molecule has 0 saturated heterocycles. The molecule has 0 aliphatic heterocycles. The second kappa shape index (κ2) is 9.12. The molecule has 1 fully saturated rings. The van der Waals surface area contributed by atoms with Crippen LogP contribution < -0.4 is 5.32 Å². The standard InChI is InChI=1S/C18H38N2O/c1-6-7-10-20(11-12-21)14-15-13-16(18(2,3)4)8-9-17(15)19-5/h15-17,19,21H,6-14H2,1-5H3. The maximum absolute atomic E-state index is 9.31. The summed E-state index contributed by atoms with van der Waals surface area (Å²) in [5.41, 5.74) is 0.419. The van der Waals surface area contributed by atoms with Crippen LogP contribution in [0.5, 0.6) is 0 Å². The Bertz CT molecular complexity index is 275. The molecule has 1 aliphatic carbocycles. The summed E-state index contributed by atoms with van der Waals surface area (Å²) in [6.07, 6.45) is 6.43. The van der Waals surface area contributed by atoms with Crippen LogP contribution in [0.2, 0.25) is 0 Å². The lowest BCUT2D eigenvalue weighted by Crippen LogP contribution is -2.47. The van der Waals surface area contributed by atoms with Crippen LogP contribution in [-0.2, 0) is 0 Å². The van der Waals surface area contributed by atoms with E-state index in [0.29, 0.717) is 11.5 Å². The van der Waals surface area contributed by atoms with Crippen LogP contribution in [0, 0.1) is 17.3 Å². The average Bonchev–Trinajstić information content (AvgIpc) is 2.44. The fourth-order valence-electron chi connectivity index (χ4n) is 3.78. The summed E-state index contributed by atoms with van der Waals surface area (Å²) in [5, 5.41) is 12.9. The van der Waals surface area contributed by atoms with E-state index in [1.54, 1.807) is 0 Å². The summed E-state index contributed by atoms with van der Waals surface area (Å²) in [4.78, 5) is 2.48. The molecule has 0 spiro atoms. The van der Waals surface area contributed by atoms with Crippen molar-refractivity contribution < 1.29 is 5.11 Å². The van der Waals surface area contributed by atoms with Crippen molar-refractivity contribution >= 4 is 0 Å². The second-order valence-corrected chi connectivity index (χ2v) is 7.91. The Hall–Kier alpha value is -0.120. The molecule has 0 aromatic carbocycles. The maximum Gasteiger partial charge on any atom is 0.0558 e. The Balaban J connectivity index is 2.64. The first kappa shape index (κ1) is 18.9. The molecular formula is C18H38N2O. The SMILES string of the molecule is CCCCN(CCO)CC1CC(C(C)(C)C)CCC1NC. The lowest BCUT2D eigenvalue weighted by molar-refractivity contribution is 0.0827. The first-order valence-electron chi connectivity index (χ1n) is 8.92. The van der Waals surface area contributed by atoms with Crippen LogP contribution >= 0.6 is 0 Å². The van der Waals surface area contributed by atoms with E-state index in [1.165, 1.54) is 32.1 Å². The van der Waals surface area contributed by atoms with E-state index in [9.17, 15) is 5.11 Å². The highest BCUT2D eigenvalue weighted by Crippen LogP contribution is 2.40. The van der Waals surface area contributed by atoms with Gasteiger partial charge in [-0.1, -0.05) is 34.1 Å². The van der Waals surface area contributed by atoms with E-state index < -0.39 is 0 Å². The van der Waals surface area contributed by atoms with Crippen LogP contribution in [0.1, 0.15) is 59.8 Å². The molecule has 1 saturated carbocycles. The number of aliphatic hydroxyl groups excluding tert-OH is 1. The molecule has 0 aromatic heterocycles. The minimum atomic E-state index is 0.281. The van der Waals surface area contributed by atoms with Crippen LogP contribution in [0.3, 0.4) is 0 Å². The first-order chi connectivity index (χ1) is 9.92. The third-order valence-electron chi connectivity index (χ3n) is 5.31. The highest BCUT2D eigenvalue weighted by molar-refractivity contribution is 4.89. The molecule has 0 heterocycles. The Kier molecular flexibility index (Phi) is 8.22. The molecule has 0 radical (unpaired) electrons. The number of hydrogen-bond donors (Lipinski definition) is 2. The Morgan fingerprint density at radius 2 is 1.90 bits per heavy atom. The van der Waals surface area contributed by atoms with Gasteiger partial charge in [0.25, 0.3) is 0 Å². The lowest BCUT2D eigenvalue weighted by Gasteiger charge is -2.43. The number of hydrogen-bond acceptors (Lipinski definition) is 3. The van der Waals surface area contributed by atoms with E-state index in [0.717, 1.165) is 31.5 Å². The van der Waals surface area contributed by atoms with Gasteiger partial charge >= 0.3 is 0 Å². The van der Waals surface area contributed by atoms with Gasteiger partial charge in [-0.3, -0.25) is 0 Å². The first-order valence-corrected chi connectivity index (χ1v) is 8.92. The monoisotopic (exact) mass is 298 g/mol. The zero-order valence-corrected chi connectivity index (χ0v) is 15.0. The molecule has 3 atom stereocenters. The molecule has 1 aliphatic rings. The van der Waals surface area contributed by atoms with Crippen molar-refractivity contribution in [1.29, 1.82) is 0 Å². The number of nitrogens with zero attached hydrogens (tertiary/aromatic N) is 1. The molecule has 3 unspecified atom stereocenters. The van der Waals surface area contributed by atoms with Gasteiger partial charge in [0, 0.05) is 19.1 Å². The largest absolute Gasteiger partial charge is 0.395 e. The summed E-state index contributed by atoms with van der Waals surface area (Å²) in [7, 11) is 2.11. The van der Waals surface area contributed by atoms with Crippen LogP contribution in [0.25, 0.3) is 0 Å². The minimum Gasteiger partial charge on any atom is -0.395 e. The van der Waals surface area contributed by atoms with Crippen molar-refractivity contribution in [2.75, 3.05) is 33.3 Å². The smallest absolute Gasteiger partial charge is 0.0558 e. The third kappa shape index (κ3) is 6.25. The van der Waals surface area contributed by atoms with E-state index in [2.05, 4.69) is 45.0 Å². The fraction of sp³-hybridized carbons (Fsp3) is 1.00. The number of nitrogens with one attached hydrogen (secondary N) is 1. The van der Waals surface area contributed by atoms with Gasteiger partial charge in [0.1, 0.15) is 0 Å². The summed E-state index contributed by atoms with van der Waals surface area (Å²) in [5.74, 6) is 1.55. The van der Waals surface area contributed by atoms with E-state index in [4.69, 9.17) is 0 Å². The van der Waals surface area contributed by atoms with Crippen molar-refractivity contribution in [3.63, 3.8) is 0 Å². The zero-order chi connectivity index (χ0) is 15.9. The van der Waals surface area contributed by atoms with E-state index in [-0.39, 0.29) is 6.61 Å². The summed E-state index contributed by atoms with van der Waals surface area (Å²) in [6, 6.07) is 0.645. The van der Waals surface area contributed by atoms with Crippen molar-refractivity contribution in [2.45, 2.75) is 65.8 Å². The second-order valence-electron chi connectivity index (χ2n) is 7.91. The molecule has 3 heteroatoms. The van der Waals surface area contributed by atoms with Gasteiger partial charge < -0.3 is 15.3 Å². The summed E-state index contributed by atoms with van der Waals surface area (Å²) in [6.45, 7) is 12.8. The number of rotatable bonds is 8. The predicted octanol–water partition coefficient (Wildman–Crippen LogP) is 3.13. The van der Waals surface area contributed by atoms with Gasteiger partial charge in [-0.25, -0.2) is 0 Å². The zero-order valence-electron chi connectivity index (χ0n) is 15.0. The summed E-state index contributed by atoms with van der Waals surface area (Å²) >= 11 is 0. The molecule has 21 heavy (non-hydrogen) atoms. The van der Waals surface area contributed by atoms with Crippen molar-refractivity contribution in [3.05, 3.63) is 0 Å². The number of aliphatic hydroxyl groups is 1. The Morgan fingerprint density at radius 3 is 2.43 bits per heavy atom. The molecule has 0 bridgehead atoms. The molecule has 0 amide bonds. The summed E-state index contributed by atoms with van der Waals surface area (Å²) < 4.78 is 0. The molecule has 3 nitrogen and oxygen atoms in total. The van der Waals surface area contributed by atoms with Crippen LogP contribution in [0.15, 0.2) is 0 Å². The van der Waals surface area contributed by atoms with Crippen molar-refractivity contribution in [1.82, 2.24) is 10.2 Å². The van der Waals surface area contributed by atoms with Crippen molar-refractivity contribution in [3.8, 4) is 0 Å². The van der Waals surface area contributed by atoms with Gasteiger partial charge in [-0.05, 0) is 56.5 Å². The quantitative estimate of drug-likeness (QED) is 0.722. The Morgan fingerprint density at radius 1 is 1.19 bits per heavy atom. The molecule has 2 N–H and O–H groups in total. The highest BCUT2D eigenvalue weighted by atomic mass is 16.3. The normalized spacial score (nSPS) is 27.3. The van der Waals surface area contributed by atoms with E-state index >= 15 is 0 Å². The lowest BCUT2D eigenvalue weighted by atomic mass is 9.67. The molecule has 1 rings (SSSR count).